The molecule has 0 aromatic heterocycles. The molecule has 0 radical (unpaired) electrons. The molecule has 1 spiro atoms. The normalized spacial score (nSPS) is 21.9. The standard InChI is InChI=1S/C26H29N3O5/c1-16(2)23(18-9-10-20-21(14-18)34-13-12-33-20)27-22(30)15-29-24(31)26(28-25(29)32)11-5-7-17-6-3-4-8-19(17)26/h3-4,6,8-10,14,16,23H,5,7,11-13,15H2,1-2H3,(H,27,30)(H,28,32)/t23-,26-/m0/s1. The quantitative estimate of drug-likeness (QED) is 0.665. The minimum Gasteiger partial charge on any atom is -0.486 e. The van der Waals surface area contributed by atoms with E-state index in [1.807, 2.05) is 56.3 Å². The van der Waals surface area contributed by atoms with Crippen LogP contribution in [0, 0.1) is 5.92 Å². The number of nitrogens with zero attached hydrogens (tertiary/aromatic N) is 1. The first-order valence-electron chi connectivity index (χ1n) is 11.8. The average molecular weight is 464 g/mol. The number of amides is 4. The second-order valence-electron chi connectivity index (χ2n) is 9.43. The predicted octanol–water partition coefficient (Wildman–Crippen LogP) is 3.05. The fourth-order valence-electron chi connectivity index (χ4n) is 5.21. The third-order valence-corrected chi connectivity index (χ3v) is 6.86. The number of rotatable bonds is 5. The van der Waals surface area contributed by atoms with E-state index in [0.29, 0.717) is 31.1 Å². The summed E-state index contributed by atoms with van der Waals surface area (Å²) in [5, 5.41) is 5.91. The Morgan fingerprint density at radius 1 is 1.12 bits per heavy atom. The Bertz CT molecular complexity index is 1150. The smallest absolute Gasteiger partial charge is 0.325 e. The second-order valence-corrected chi connectivity index (χ2v) is 9.43. The minimum absolute atomic E-state index is 0.0752. The Labute approximate surface area is 198 Å². The Hall–Kier alpha value is -3.55. The molecule has 0 saturated carbocycles. The van der Waals surface area contributed by atoms with E-state index in [0.717, 1.165) is 34.4 Å². The molecule has 1 aliphatic carbocycles. The Morgan fingerprint density at radius 3 is 2.68 bits per heavy atom. The Kier molecular flexibility index (Phi) is 5.67. The number of carbonyl (C=O) groups excluding carboxylic acids is 3. The van der Waals surface area contributed by atoms with Crippen molar-refractivity contribution in [1.29, 1.82) is 0 Å². The highest BCUT2D eigenvalue weighted by molar-refractivity contribution is 6.09. The first-order valence-corrected chi connectivity index (χ1v) is 11.8. The van der Waals surface area contributed by atoms with Crippen molar-refractivity contribution >= 4 is 17.8 Å². The van der Waals surface area contributed by atoms with E-state index in [1.165, 1.54) is 0 Å². The lowest BCUT2D eigenvalue weighted by atomic mass is 9.76. The number of hydrogen-bond acceptors (Lipinski definition) is 5. The molecule has 178 valence electrons. The van der Waals surface area contributed by atoms with Gasteiger partial charge in [-0.05, 0) is 54.0 Å². The zero-order valence-electron chi connectivity index (χ0n) is 19.4. The lowest BCUT2D eigenvalue weighted by molar-refractivity contribution is -0.136. The highest BCUT2D eigenvalue weighted by atomic mass is 16.6. The van der Waals surface area contributed by atoms with E-state index in [9.17, 15) is 14.4 Å². The lowest BCUT2D eigenvalue weighted by Crippen LogP contribution is -2.47. The third kappa shape index (κ3) is 3.77. The molecule has 1 fully saturated rings. The summed E-state index contributed by atoms with van der Waals surface area (Å²) in [6.07, 6.45) is 2.19. The molecular formula is C26H29N3O5. The van der Waals surface area contributed by atoms with Crippen LogP contribution in [-0.4, -0.2) is 42.5 Å². The van der Waals surface area contributed by atoms with Crippen molar-refractivity contribution in [2.45, 2.75) is 44.7 Å². The van der Waals surface area contributed by atoms with Gasteiger partial charge in [-0.2, -0.15) is 0 Å². The predicted molar refractivity (Wildman–Crippen MR) is 124 cm³/mol. The topological polar surface area (TPSA) is 97.0 Å². The number of nitrogens with one attached hydrogen (secondary N) is 2. The summed E-state index contributed by atoms with van der Waals surface area (Å²) in [4.78, 5) is 40.4. The van der Waals surface area contributed by atoms with Gasteiger partial charge in [0.25, 0.3) is 5.91 Å². The molecule has 2 N–H and O–H groups in total. The van der Waals surface area contributed by atoms with Crippen LogP contribution in [0.1, 0.15) is 49.4 Å². The van der Waals surface area contributed by atoms with Gasteiger partial charge in [0.1, 0.15) is 25.3 Å². The van der Waals surface area contributed by atoms with Crippen LogP contribution in [0.2, 0.25) is 0 Å². The van der Waals surface area contributed by atoms with Gasteiger partial charge in [0, 0.05) is 0 Å². The van der Waals surface area contributed by atoms with Gasteiger partial charge in [-0.15, -0.1) is 0 Å². The minimum atomic E-state index is -1.08. The molecule has 34 heavy (non-hydrogen) atoms. The summed E-state index contributed by atoms with van der Waals surface area (Å²) in [7, 11) is 0. The van der Waals surface area contributed by atoms with Crippen LogP contribution in [0.4, 0.5) is 4.79 Å². The van der Waals surface area contributed by atoms with Crippen molar-refractivity contribution < 1.29 is 23.9 Å². The van der Waals surface area contributed by atoms with Gasteiger partial charge in [0.05, 0.1) is 6.04 Å². The van der Waals surface area contributed by atoms with Crippen LogP contribution in [0.15, 0.2) is 42.5 Å². The number of fused-ring (bicyclic) bond motifs is 3. The number of hydrogen-bond donors (Lipinski definition) is 2. The highest BCUT2D eigenvalue weighted by Gasteiger charge is 2.54. The molecule has 8 heteroatoms. The van der Waals surface area contributed by atoms with E-state index >= 15 is 0 Å². The van der Waals surface area contributed by atoms with Gasteiger partial charge >= 0.3 is 6.03 Å². The van der Waals surface area contributed by atoms with Crippen molar-refractivity contribution in [2.24, 2.45) is 5.92 Å². The number of urea groups is 1. The fraction of sp³-hybridized carbons (Fsp3) is 0.423. The van der Waals surface area contributed by atoms with Crippen molar-refractivity contribution in [3.05, 3.63) is 59.2 Å². The summed E-state index contributed by atoms with van der Waals surface area (Å²) in [5.74, 6) is 0.654. The molecule has 8 nitrogen and oxygen atoms in total. The van der Waals surface area contributed by atoms with Crippen molar-refractivity contribution in [3.8, 4) is 11.5 Å². The first-order chi connectivity index (χ1) is 16.4. The molecular weight excluding hydrogens is 434 g/mol. The van der Waals surface area contributed by atoms with Gasteiger partial charge in [0.15, 0.2) is 11.5 Å². The van der Waals surface area contributed by atoms with Crippen LogP contribution >= 0.6 is 0 Å². The van der Waals surface area contributed by atoms with E-state index < -0.39 is 17.5 Å². The van der Waals surface area contributed by atoms with Crippen LogP contribution in [0.3, 0.4) is 0 Å². The van der Waals surface area contributed by atoms with Gasteiger partial charge in [-0.3, -0.25) is 14.5 Å². The van der Waals surface area contributed by atoms with Gasteiger partial charge < -0.3 is 20.1 Å². The van der Waals surface area contributed by atoms with Crippen molar-refractivity contribution in [2.75, 3.05) is 19.8 Å². The molecule has 0 bridgehead atoms. The number of aryl methyl sites for hydroxylation is 1. The largest absolute Gasteiger partial charge is 0.486 e. The molecule has 0 unspecified atom stereocenters. The van der Waals surface area contributed by atoms with Crippen LogP contribution in [0.25, 0.3) is 0 Å². The monoisotopic (exact) mass is 463 g/mol. The van der Waals surface area contributed by atoms with Crippen molar-refractivity contribution in [3.63, 3.8) is 0 Å². The maximum absolute atomic E-state index is 13.5. The number of benzene rings is 2. The molecule has 1 saturated heterocycles. The van der Waals surface area contributed by atoms with E-state index in [4.69, 9.17) is 9.47 Å². The lowest BCUT2D eigenvalue weighted by Gasteiger charge is -2.33. The Morgan fingerprint density at radius 2 is 1.88 bits per heavy atom. The van der Waals surface area contributed by atoms with Crippen LogP contribution in [0.5, 0.6) is 11.5 Å². The fourth-order valence-corrected chi connectivity index (χ4v) is 5.21. The molecule has 4 amide bonds. The van der Waals surface area contributed by atoms with Gasteiger partial charge in [0.2, 0.25) is 5.91 Å². The molecule has 3 aliphatic rings. The molecule has 2 aromatic carbocycles. The second kappa shape index (κ2) is 8.66. The van der Waals surface area contributed by atoms with Gasteiger partial charge in [-0.1, -0.05) is 44.2 Å². The van der Waals surface area contributed by atoms with Crippen LogP contribution < -0.4 is 20.1 Å². The third-order valence-electron chi connectivity index (χ3n) is 6.86. The molecule has 2 aromatic rings. The summed E-state index contributed by atoms with van der Waals surface area (Å²) in [6.45, 7) is 4.66. The molecule has 2 atom stereocenters. The average Bonchev–Trinajstić information content (AvgIpc) is 3.07. The molecule has 2 aliphatic heterocycles. The SMILES string of the molecule is CC(C)[C@H](NC(=O)CN1C(=O)N[C@]2(CCCc3ccccc32)C1=O)c1ccc2c(c1)OCCO2. The zero-order chi connectivity index (χ0) is 23.9. The maximum atomic E-state index is 13.5. The van der Waals surface area contributed by atoms with Crippen LogP contribution in [-0.2, 0) is 21.5 Å². The van der Waals surface area contributed by atoms with Crippen molar-refractivity contribution in [1.82, 2.24) is 15.5 Å². The summed E-state index contributed by atoms with van der Waals surface area (Å²) >= 11 is 0. The van der Waals surface area contributed by atoms with E-state index in [1.54, 1.807) is 0 Å². The summed E-state index contributed by atoms with van der Waals surface area (Å²) in [5.41, 5.74) is 1.69. The number of carbonyl (C=O) groups is 3. The Balaban J connectivity index is 1.33. The highest BCUT2D eigenvalue weighted by Crippen LogP contribution is 2.40. The first kappa shape index (κ1) is 22.3. The molecule has 5 rings (SSSR count). The zero-order valence-corrected chi connectivity index (χ0v) is 19.4. The summed E-state index contributed by atoms with van der Waals surface area (Å²) in [6, 6.07) is 12.5. The van der Waals surface area contributed by atoms with Gasteiger partial charge in [-0.25, -0.2) is 4.79 Å². The van der Waals surface area contributed by atoms with E-state index in [2.05, 4.69) is 10.6 Å². The van der Waals surface area contributed by atoms with E-state index in [-0.39, 0.29) is 24.4 Å². The number of imide groups is 1. The molecule has 2 heterocycles. The maximum Gasteiger partial charge on any atom is 0.325 e. The number of ether oxygens (including phenoxy) is 2. The summed E-state index contributed by atoms with van der Waals surface area (Å²) < 4.78 is 11.3.